The third-order valence-corrected chi connectivity index (χ3v) is 3.70. The molecule has 0 bridgehead atoms. The van der Waals surface area contributed by atoms with Crippen LogP contribution in [-0.2, 0) is 0 Å². The second kappa shape index (κ2) is 4.19. The highest BCUT2D eigenvalue weighted by Gasteiger charge is 2.12. The molecular formula is C16H17N3. The highest BCUT2D eigenvalue weighted by molar-refractivity contribution is 5.87. The second-order valence-corrected chi connectivity index (χ2v) is 5.01. The van der Waals surface area contributed by atoms with E-state index in [0.29, 0.717) is 0 Å². The molecule has 3 heteroatoms. The number of rotatable bonds is 1. The Morgan fingerprint density at radius 1 is 1.00 bits per heavy atom. The van der Waals surface area contributed by atoms with Gasteiger partial charge in [-0.25, -0.2) is 4.68 Å². The van der Waals surface area contributed by atoms with Crippen LogP contribution in [0.2, 0.25) is 0 Å². The Morgan fingerprint density at radius 2 is 1.74 bits per heavy atom. The molecule has 0 unspecified atom stereocenters. The van der Waals surface area contributed by atoms with Crippen LogP contribution in [0, 0.1) is 27.7 Å². The lowest BCUT2D eigenvalue weighted by Gasteiger charge is -2.09. The molecule has 1 aromatic carbocycles. The maximum Gasteiger partial charge on any atom is 0.0760 e. The average molecular weight is 251 g/mol. The summed E-state index contributed by atoms with van der Waals surface area (Å²) >= 11 is 0. The van der Waals surface area contributed by atoms with Crippen LogP contribution in [-0.4, -0.2) is 14.8 Å². The van der Waals surface area contributed by atoms with Gasteiger partial charge in [0.05, 0.1) is 16.9 Å². The molecule has 0 amide bonds. The summed E-state index contributed by atoms with van der Waals surface area (Å²) in [6.07, 6.45) is 0. The molecular weight excluding hydrogens is 234 g/mol. The molecule has 0 fully saturated rings. The minimum absolute atomic E-state index is 1.01. The number of hydrogen-bond donors (Lipinski definition) is 0. The lowest BCUT2D eigenvalue weighted by Crippen LogP contribution is -2.02. The van der Waals surface area contributed by atoms with Crippen LogP contribution in [0.15, 0.2) is 30.3 Å². The Bertz CT molecular complexity index is 769. The molecule has 3 rings (SSSR count). The van der Waals surface area contributed by atoms with Crippen LogP contribution in [0.5, 0.6) is 0 Å². The summed E-state index contributed by atoms with van der Waals surface area (Å²) in [4.78, 5) is 4.58. The molecule has 0 spiro atoms. The van der Waals surface area contributed by atoms with Gasteiger partial charge < -0.3 is 0 Å². The van der Waals surface area contributed by atoms with E-state index in [4.69, 9.17) is 0 Å². The van der Waals surface area contributed by atoms with Gasteiger partial charge in [0.15, 0.2) is 0 Å². The SMILES string of the molecule is Cc1cc(-n2nc(C)c(C)c2C)c2ccccc2n1. The van der Waals surface area contributed by atoms with Crippen molar-refractivity contribution in [2.45, 2.75) is 27.7 Å². The molecule has 3 nitrogen and oxygen atoms in total. The number of nitrogens with zero attached hydrogens (tertiary/aromatic N) is 3. The first-order valence-corrected chi connectivity index (χ1v) is 6.47. The van der Waals surface area contributed by atoms with Gasteiger partial charge >= 0.3 is 0 Å². The number of para-hydroxylation sites is 1. The molecule has 19 heavy (non-hydrogen) atoms. The quantitative estimate of drug-likeness (QED) is 0.661. The van der Waals surface area contributed by atoms with E-state index >= 15 is 0 Å². The van der Waals surface area contributed by atoms with Crippen LogP contribution >= 0.6 is 0 Å². The second-order valence-electron chi connectivity index (χ2n) is 5.01. The largest absolute Gasteiger partial charge is 0.253 e. The van der Waals surface area contributed by atoms with Crippen molar-refractivity contribution in [3.8, 4) is 5.69 Å². The molecule has 0 aliphatic heterocycles. The topological polar surface area (TPSA) is 30.7 Å². The van der Waals surface area contributed by atoms with Crippen molar-refractivity contribution in [3.05, 3.63) is 53.0 Å². The normalized spacial score (nSPS) is 11.2. The number of aromatic nitrogens is 3. The fourth-order valence-electron chi connectivity index (χ4n) is 2.42. The van der Waals surface area contributed by atoms with Gasteiger partial charge in [0, 0.05) is 16.8 Å². The average Bonchev–Trinajstić information content (AvgIpc) is 2.65. The summed E-state index contributed by atoms with van der Waals surface area (Å²) in [7, 11) is 0. The van der Waals surface area contributed by atoms with E-state index in [1.165, 1.54) is 11.3 Å². The Balaban J connectivity index is 2.38. The van der Waals surface area contributed by atoms with E-state index in [1.54, 1.807) is 0 Å². The predicted octanol–water partition coefficient (Wildman–Crippen LogP) is 3.65. The zero-order chi connectivity index (χ0) is 13.6. The molecule has 0 radical (unpaired) electrons. The van der Waals surface area contributed by atoms with Gasteiger partial charge in [-0.15, -0.1) is 0 Å². The summed E-state index contributed by atoms with van der Waals surface area (Å²) in [5.74, 6) is 0. The van der Waals surface area contributed by atoms with E-state index in [1.807, 2.05) is 29.8 Å². The number of pyridine rings is 1. The van der Waals surface area contributed by atoms with Crippen LogP contribution < -0.4 is 0 Å². The standard InChI is InChI=1S/C16H17N3/c1-10-9-16(14-7-5-6-8-15(14)17-10)19-13(4)11(2)12(3)18-19/h5-9H,1-4H3. The maximum absolute atomic E-state index is 4.66. The zero-order valence-electron chi connectivity index (χ0n) is 11.7. The van der Waals surface area contributed by atoms with Gasteiger partial charge in [0.25, 0.3) is 0 Å². The maximum atomic E-state index is 4.66. The molecule has 3 aromatic rings. The summed E-state index contributed by atoms with van der Waals surface area (Å²) < 4.78 is 2.03. The first kappa shape index (κ1) is 11.9. The number of fused-ring (bicyclic) bond motifs is 1. The molecule has 96 valence electrons. The van der Waals surface area contributed by atoms with Crippen molar-refractivity contribution in [2.75, 3.05) is 0 Å². The molecule has 2 aromatic heterocycles. The highest BCUT2D eigenvalue weighted by Crippen LogP contribution is 2.24. The fourth-order valence-corrected chi connectivity index (χ4v) is 2.42. The Kier molecular flexibility index (Phi) is 2.63. The minimum atomic E-state index is 1.01. The first-order valence-electron chi connectivity index (χ1n) is 6.47. The number of hydrogen-bond acceptors (Lipinski definition) is 2. The Hall–Kier alpha value is -2.16. The van der Waals surface area contributed by atoms with Gasteiger partial charge in [-0.1, -0.05) is 18.2 Å². The van der Waals surface area contributed by atoms with E-state index in [0.717, 1.165) is 28.0 Å². The monoisotopic (exact) mass is 251 g/mol. The molecule has 0 atom stereocenters. The molecule has 0 aliphatic rings. The molecule has 0 saturated heterocycles. The van der Waals surface area contributed by atoms with Crippen LogP contribution in [0.4, 0.5) is 0 Å². The third-order valence-electron chi connectivity index (χ3n) is 3.70. The summed E-state index contributed by atoms with van der Waals surface area (Å²) in [6.45, 7) is 8.30. The molecule has 0 saturated carbocycles. The van der Waals surface area contributed by atoms with Crippen molar-refractivity contribution < 1.29 is 0 Å². The van der Waals surface area contributed by atoms with Gasteiger partial charge in [0.1, 0.15) is 0 Å². The van der Waals surface area contributed by atoms with Crippen molar-refractivity contribution in [1.29, 1.82) is 0 Å². The summed E-state index contributed by atoms with van der Waals surface area (Å²) in [6, 6.07) is 10.3. The van der Waals surface area contributed by atoms with Crippen molar-refractivity contribution in [3.63, 3.8) is 0 Å². The minimum Gasteiger partial charge on any atom is -0.253 e. The number of aryl methyl sites for hydroxylation is 2. The summed E-state index contributed by atoms with van der Waals surface area (Å²) in [5.41, 5.74) is 6.65. The van der Waals surface area contributed by atoms with Crippen molar-refractivity contribution in [1.82, 2.24) is 14.8 Å². The zero-order valence-corrected chi connectivity index (χ0v) is 11.7. The lowest BCUT2D eigenvalue weighted by molar-refractivity contribution is 0.836. The van der Waals surface area contributed by atoms with Gasteiger partial charge in [-0.05, 0) is 45.4 Å². The first-order chi connectivity index (χ1) is 9.08. The van der Waals surface area contributed by atoms with Gasteiger partial charge in [-0.2, -0.15) is 5.10 Å². The molecule has 2 heterocycles. The van der Waals surface area contributed by atoms with E-state index in [-0.39, 0.29) is 0 Å². The van der Waals surface area contributed by atoms with Crippen LogP contribution in [0.25, 0.3) is 16.6 Å². The predicted molar refractivity (Wildman–Crippen MR) is 77.8 cm³/mol. The van der Waals surface area contributed by atoms with Crippen molar-refractivity contribution in [2.24, 2.45) is 0 Å². The Labute approximate surface area is 112 Å². The molecule has 0 aliphatic carbocycles. The van der Waals surface area contributed by atoms with Gasteiger partial charge in [-0.3, -0.25) is 4.98 Å². The van der Waals surface area contributed by atoms with Crippen LogP contribution in [0.3, 0.4) is 0 Å². The fraction of sp³-hybridized carbons (Fsp3) is 0.250. The third kappa shape index (κ3) is 1.82. The highest BCUT2D eigenvalue weighted by atomic mass is 15.3. The summed E-state index contributed by atoms with van der Waals surface area (Å²) in [5, 5.41) is 5.80. The van der Waals surface area contributed by atoms with Crippen LogP contribution in [0.1, 0.15) is 22.6 Å². The van der Waals surface area contributed by atoms with E-state index in [9.17, 15) is 0 Å². The molecule has 0 N–H and O–H groups in total. The Morgan fingerprint density at radius 3 is 2.42 bits per heavy atom. The lowest BCUT2D eigenvalue weighted by atomic mass is 10.1. The smallest absolute Gasteiger partial charge is 0.0760 e. The van der Waals surface area contributed by atoms with Crippen molar-refractivity contribution >= 4 is 10.9 Å². The van der Waals surface area contributed by atoms with Gasteiger partial charge in [0.2, 0.25) is 0 Å². The van der Waals surface area contributed by atoms with E-state index in [2.05, 4.69) is 43.0 Å². The number of benzene rings is 1. The van der Waals surface area contributed by atoms with E-state index < -0.39 is 0 Å².